The van der Waals surface area contributed by atoms with Crippen molar-refractivity contribution >= 4 is 45.9 Å². The fraction of sp³-hybridized carbons (Fsp3) is 0.227. The first kappa shape index (κ1) is 27.9. The molecule has 4 N–H and O–H groups in total. The number of aryl methyl sites for hydroxylation is 1. The zero-order chi connectivity index (χ0) is 26.4. The summed E-state index contributed by atoms with van der Waals surface area (Å²) >= 11 is 1.72. The van der Waals surface area contributed by atoms with Crippen LogP contribution >= 0.6 is 22.6 Å². The summed E-state index contributed by atoms with van der Waals surface area (Å²) in [5.74, 6) is -1.31. The van der Waals surface area contributed by atoms with E-state index >= 15 is 0 Å². The van der Waals surface area contributed by atoms with E-state index < -0.39 is 24.8 Å². The van der Waals surface area contributed by atoms with Gasteiger partial charge in [0.25, 0.3) is 12.9 Å². The Morgan fingerprint density at radius 1 is 0.914 bits per heavy atom. The number of hydrogen-bond donors (Lipinski definition) is 2. The highest BCUT2D eigenvalue weighted by Gasteiger charge is 2.22. The monoisotopic (exact) mass is 608 g/mol. The van der Waals surface area contributed by atoms with Gasteiger partial charge < -0.3 is 20.9 Å². The van der Waals surface area contributed by atoms with Gasteiger partial charge in [-0.05, 0) is 52.9 Å². The summed E-state index contributed by atoms with van der Waals surface area (Å²) in [7, 11) is 4.03. The molecule has 0 fully saturated rings. The molecule has 2 aromatic carbocycles. The summed E-state index contributed by atoms with van der Waals surface area (Å²) in [6.45, 7) is 0. The van der Waals surface area contributed by atoms with Crippen LogP contribution in [0.25, 0.3) is 11.3 Å². The molecule has 0 spiro atoms. The molecule has 0 unspecified atom stereocenters. The average Bonchev–Trinajstić information content (AvgIpc) is 3.24. The van der Waals surface area contributed by atoms with Gasteiger partial charge >= 0.3 is 11.9 Å². The zero-order valence-electron chi connectivity index (χ0n) is 18.7. The number of carbonyl (C=O) groups excluding carboxylic acids is 2. The van der Waals surface area contributed by atoms with Crippen LogP contribution in [0, 0.1) is 3.57 Å². The van der Waals surface area contributed by atoms with Crippen LogP contribution < -0.4 is 11.5 Å². The van der Waals surface area contributed by atoms with Gasteiger partial charge in [0.15, 0.2) is 0 Å². The second-order valence-electron chi connectivity index (χ2n) is 6.91. The largest absolute Gasteiger partial charge is 0.465 e. The minimum atomic E-state index is -2.71. The topological polar surface area (TPSA) is 122 Å². The number of alkyl halides is 4. The molecule has 0 saturated heterocycles. The number of nitrogen functional groups attached to an aromatic ring is 2. The lowest BCUT2D eigenvalue weighted by Gasteiger charge is -2.13. The van der Waals surface area contributed by atoms with E-state index in [1.807, 2.05) is 0 Å². The van der Waals surface area contributed by atoms with E-state index in [0.717, 1.165) is 12.1 Å². The molecule has 35 heavy (non-hydrogen) atoms. The van der Waals surface area contributed by atoms with E-state index in [9.17, 15) is 27.2 Å². The third-order valence-electron chi connectivity index (χ3n) is 4.77. The standard InChI is InChI=1S/C13H13F2N3O2.C9H8F2INO2/c1-18-11(3-4-17-18)7-5-9(13(19)20-2)10(16)6-8(7)12(14)15;1-15-9(14)5-2-6(12)4(8(10)11)3-7(5)13/h3-6,12H,16H2,1-2H3;2-3,8H,13H2,1H3. The molecule has 188 valence electrons. The number of halogens is 5. The maximum absolute atomic E-state index is 13.1. The van der Waals surface area contributed by atoms with Crippen molar-refractivity contribution in [2.45, 2.75) is 12.9 Å². The molecule has 1 heterocycles. The van der Waals surface area contributed by atoms with Crippen molar-refractivity contribution in [1.29, 1.82) is 0 Å². The van der Waals surface area contributed by atoms with E-state index in [0.29, 0.717) is 5.69 Å². The molecular weight excluding hydrogens is 587 g/mol. The van der Waals surface area contributed by atoms with E-state index in [-0.39, 0.29) is 42.8 Å². The molecular formula is C22H21F4IN4O4. The molecule has 13 heteroatoms. The number of esters is 2. The van der Waals surface area contributed by atoms with Crippen molar-refractivity contribution in [1.82, 2.24) is 9.78 Å². The van der Waals surface area contributed by atoms with Crippen molar-refractivity contribution < 1.29 is 36.6 Å². The quantitative estimate of drug-likeness (QED) is 0.181. The molecule has 0 saturated carbocycles. The lowest BCUT2D eigenvalue weighted by Crippen LogP contribution is -2.08. The predicted octanol–water partition coefficient (Wildman–Crippen LogP) is 4.99. The highest BCUT2D eigenvalue weighted by Crippen LogP contribution is 2.34. The number of anilines is 2. The molecule has 1 aromatic heterocycles. The molecule has 0 aliphatic heterocycles. The van der Waals surface area contributed by atoms with Gasteiger partial charge in [-0.15, -0.1) is 0 Å². The third-order valence-corrected chi connectivity index (χ3v) is 5.70. The van der Waals surface area contributed by atoms with E-state index in [2.05, 4.69) is 14.6 Å². The Balaban J connectivity index is 0.000000258. The van der Waals surface area contributed by atoms with E-state index in [4.69, 9.17) is 11.5 Å². The highest BCUT2D eigenvalue weighted by molar-refractivity contribution is 14.1. The number of aromatic nitrogens is 2. The van der Waals surface area contributed by atoms with Crippen LogP contribution in [0.5, 0.6) is 0 Å². The lowest BCUT2D eigenvalue weighted by atomic mass is 9.99. The van der Waals surface area contributed by atoms with Gasteiger partial charge in [-0.2, -0.15) is 5.10 Å². The number of hydrogen-bond acceptors (Lipinski definition) is 7. The molecule has 3 rings (SSSR count). The molecule has 0 aliphatic rings. The van der Waals surface area contributed by atoms with Crippen LogP contribution in [0.15, 0.2) is 36.5 Å². The first-order valence-electron chi connectivity index (χ1n) is 9.66. The fourth-order valence-electron chi connectivity index (χ4n) is 3.02. The number of methoxy groups -OCH3 is 2. The SMILES string of the molecule is COC(=O)c1cc(-c2ccnn2C)c(C(F)F)cc1N.COC(=O)c1cc(I)c(C(F)F)cc1N. The minimum absolute atomic E-state index is 0.00225. The molecule has 3 aromatic rings. The first-order valence-corrected chi connectivity index (χ1v) is 10.7. The smallest absolute Gasteiger partial charge is 0.339 e. The Morgan fingerprint density at radius 2 is 1.40 bits per heavy atom. The number of nitrogens with two attached hydrogens (primary N) is 2. The summed E-state index contributed by atoms with van der Waals surface area (Å²) in [4.78, 5) is 22.8. The van der Waals surface area contributed by atoms with Crippen LogP contribution in [0.4, 0.5) is 28.9 Å². The second kappa shape index (κ2) is 11.9. The zero-order valence-corrected chi connectivity index (χ0v) is 20.8. The number of nitrogens with zero attached hydrogens (tertiary/aromatic N) is 2. The summed E-state index contributed by atoms with van der Waals surface area (Å²) in [6.07, 6.45) is -3.83. The summed E-state index contributed by atoms with van der Waals surface area (Å²) in [5, 5.41) is 3.93. The van der Waals surface area contributed by atoms with Gasteiger partial charge in [-0.3, -0.25) is 4.68 Å². The molecule has 0 aliphatic carbocycles. The van der Waals surface area contributed by atoms with Crippen LogP contribution in [-0.4, -0.2) is 35.9 Å². The van der Waals surface area contributed by atoms with E-state index in [1.165, 1.54) is 37.2 Å². The number of ether oxygens (including phenoxy) is 2. The maximum atomic E-state index is 13.1. The van der Waals surface area contributed by atoms with E-state index in [1.54, 1.807) is 35.7 Å². The molecule has 0 amide bonds. The Bertz CT molecular complexity index is 1230. The van der Waals surface area contributed by atoms with Crippen LogP contribution in [0.1, 0.15) is 44.7 Å². The molecule has 0 radical (unpaired) electrons. The third kappa shape index (κ3) is 6.41. The predicted molar refractivity (Wildman–Crippen MR) is 129 cm³/mol. The van der Waals surface area contributed by atoms with Gasteiger partial charge in [0, 0.05) is 44.9 Å². The van der Waals surface area contributed by atoms with Crippen LogP contribution in [-0.2, 0) is 16.5 Å². The first-order chi connectivity index (χ1) is 16.4. The Kier molecular flexibility index (Phi) is 9.45. The maximum Gasteiger partial charge on any atom is 0.339 e. The van der Waals surface area contributed by atoms with Gasteiger partial charge in [0.1, 0.15) is 0 Å². The molecule has 0 atom stereocenters. The van der Waals surface area contributed by atoms with Gasteiger partial charge in [-0.1, -0.05) is 0 Å². The average molecular weight is 608 g/mol. The lowest BCUT2D eigenvalue weighted by molar-refractivity contribution is 0.0592. The number of benzene rings is 2. The second-order valence-corrected chi connectivity index (χ2v) is 8.07. The van der Waals surface area contributed by atoms with Gasteiger partial charge in [0.05, 0.1) is 31.0 Å². The molecule has 8 nitrogen and oxygen atoms in total. The van der Waals surface area contributed by atoms with Crippen molar-refractivity contribution in [2.24, 2.45) is 7.05 Å². The fourth-order valence-corrected chi connectivity index (χ4v) is 3.73. The normalized spacial score (nSPS) is 10.7. The highest BCUT2D eigenvalue weighted by atomic mass is 127. The van der Waals surface area contributed by atoms with Gasteiger partial charge in [-0.25, -0.2) is 27.2 Å². The number of rotatable bonds is 5. The Hall–Kier alpha value is -3.36. The minimum Gasteiger partial charge on any atom is -0.465 e. The van der Waals surface area contributed by atoms with Crippen molar-refractivity contribution in [3.63, 3.8) is 0 Å². The van der Waals surface area contributed by atoms with Crippen molar-refractivity contribution in [3.05, 3.63) is 62.4 Å². The Morgan fingerprint density at radius 3 is 1.83 bits per heavy atom. The number of carbonyl (C=O) groups is 2. The molecule has 0 bridgehead atoms. The summed E-state index contributed by atoms with van der Waals surface area (Å²) in [5.41, 5.74) is 11.4. The summed E-state index contributed by atoms with van der Waals surface area (Å²) < 4.78 is 62.0. The van der Waals surface area contributed by atoms with Crippen molar-refractivity contribution in [3.8, 4) is 11.3 Å². The Labute approximate surface area is 211 Å². The van der Waals surface area contributed by atoms with Crippen LogP contribution in [0.2, 0.25) is 0 Å². The summed E-state index contributed by atoms with van der Waals surface area (Å²) in [6, 6.07) is 6.37. The van der Waals surface area contributed by atoms with Crippen LogP contribution in [0.3, 0.4) is 0 Å². The van der Waals surface area contributed by atoms with Gasteiger partial charge in [0.2, 0.25) is 0 Å². The van der Waals surface area contributed by atoms with Crippen molar-refractivity contribution in [2.75, 3.05) is 25.7 Å².